The molecule has 154 valence electrons. The highest BCUT2D eigenvalue weighted by atomic mass is 35.5. The minimum atomic E-state index is -0.0784. The Morgan fingerprint density at radius 1 is 1.03 bits per heavy atom. The summed E-state index contributed by atoms with van der Waals surface area (Å²) in [6.07, 6.45) is 4.15. The minimum absolute atomic E-state index is 0.00134. The van der Waals surface area contributed by atoms with Gasteiger partial charge in [0.2, 0.25) is 11.8 Å². The Kier molecular flexibility index (Phi) is 7.72. The number of benzene rings is 1. The van der Waals surface area contributed by atoms with E-state index in [9.17, 15) is 9.59 Å². The third-order valence-electron chi connectivity index (χ3n) is 4.91. The van der Waals surface area contributed by atoms with Crippen LogP contribution in [0.25, 0.3) is 0 Å². The Bertz CT molecular complexity index is 820. The van der Waals surface area contributed by atoms with Crippen LogP contribution < -0.4 is 15.5 Å². The summed E-state index contributed by atoms with van der Waals surface area (Å²) in [5, 5.41) is 7.01. The second kappa shape index (κ2) is 10.5. The summed E-state index contributed by atoms with van der Waals surface area (Å²) < 4.78 is 0. The number of amides is 2. The van der Waals surface area contributed by atoms with Gasteiger partial charge in [-0.3, -0.25) is 9.59 Å². The first-order valence-electron chi connectivity index (χ1n) is 9.71. The van der Waals surface area contributed by atoms with Crippen LogP contribution in [0.2, 0.25) is 10.0 Å². The summed E-state index contributed by atoms with van der Waals surface area (Å²) in [5.41, 5.74) is 0.713. The summed E-state index contributed by atoms with van der Waals surface area (Å²) >= 11 is 11.7. The normalized spacial score (nSPS) is 14.5. The molecule has 1 aromatic heterocycles. The molecule has 2 N–H and O–H groups in total. The molecule has 0 unspecified atom stereocenters. The number of carbonyl (C=O) groups excluding carboxylic acids is 2. The molecule has 0 bridgehead atoms. The first kappa shape index (κ1) is 21.4. The van der Waals surface area contributed by atoms with E-state index in [-0.39, 0.29) is 17.7 Å². The molecule has 2 heterocycles. The molecule has 1 aliphatic heterocycles. The van der Waals surface area contributed by atoms with Crippen molar-refractivity contribution in [1.82, 2.24) is 10.3 Å². The zero-order valence-electron chi connectivity index (χ0n) is 16.0. The van der Waals surface area contributed by atoms with Gasteiger partial charge in [-0.15, -0.1) is 0 Å². The Labute approximate surface area is 180 Å². The van der Waals surface area contributed by atoms with Gasteiger partial charge in [0.25, 0.3) is 0 Å². The maximum absolute atomic E-state index is 12.4. The van der Waals surface area contributed by atoms with Gasteiger partial charge in [-0.25, -0.2) is 4.98 Å². The number of hydrogen-bond donors (Lipinski definition) is 2. The SMILES string of the molecule is O=C(CCCNC(=O)C1CCN(c2ccc(Cl)cn2)CC1)Nc1ccc(Cl)cc1. The Hall–Kier alpha value is -2.31. The second-order valence-corrected chi connectivity index (χ2v) is 7.92. The van der Waals surface area contributed by atoms with Crippen LogP contribution in [0.15, 0.2) is 42.6 Å². The van der Waals surface area contributed by atoms with E-state index < -0.39 is 0 Å². The smallest absolute Gasteiger partial charge is 0.224 e. The van der Waals surface area contributed by atoms with Crippen molar-refractivity contribution in [3.63, 3.8) is 0 Å². The number of piperidine rings is 1. The Balaban J connectivity index is 1.32. The Morgan fingerprint density at radius 2 is 1.72 bits per heavy atom. The second-order valence-electron chi connectivity index (χ2n) is 7.05. The molecule has 0 saturated carbocycles. The van der Waals surface area contributed by atoms with Gasteiger partial charge in [-0.05, 0) is 55.7 Å². The zero-order chi connectivity index (χ0) is 20.6. The highest BCUT2D eigenvalue weighted by molar-refractivity contribution is 6.30. The quantitative estimate of drug-likeness (QED) is 0.642. The number of aromatic nitrogens is 1. The number of anilines is 2. The monoisotopic (exact) mass is 434 g/mol. The van der Waals surface area contributed by atoms with Crippen molar-refractivity contribution in [2.75, 3.05) is 29.9 Å². The van der Waals surface area contributed by atoms with E-state index in [1.54, 1.807) is 30.5 Å². The van der Waals surface area contributed by atoms with Crippen molar-refractivity contribution >= 4 is 46.5 Å². The number of nitrogens with one attached hydrogen (secondary N) is 2. The number of nitrogens with zero attached hydrogens (tertiary/aromatic N) is 2. The van der Waals surface area contributed by atoms with Crippen molar-refractivity contribution in [2.24, 2.45) is 5.92 Å². The maximum atomic E-state index is 12.4. The lowest BCUT2D eigenvalue weighted by molar-refractivity contribution is -0.125. The summed E-state index contributed by atoms with van der Waals surface area (Å²) in [4.78, 5) is 30.8. The van der Waals surface area contributed by atoms with Gasteiger partial charge in [-0.2, -0.15) is 0 Å². The molecule has 1 aliphatic rings. The fourth-order valence-electron chi connectivity index (χ4n) is 3.29. The van der Waals surface area contributed by atoms with Crippen LogP contribution in [0, 0.1) is 5.92 Å². The molecule has 2 amide bonds. The molecule has 0 atom stereocenters. The van der Waals surface area contributed by atoms with E-state index in [4.69, 9.17) is 23.2 Å². The van der Waals surface area contributed by atoms with Crippen molar-refractivity contribution in [1.29, 1.82) is 0 Å². The van der Waals surface area contributed by atoms with Gasteiger partial charge in [0, 0.05) is 48.9 Å². The summed E-state index contributed by atoms with van der Waals surface area (Å²) in [7, 11) is 0. The van der Waals surface area contributed by atoms with Gasteiger partial charge < -0.3 is 15.5 Å². The van der Waals surface area contributed by atoms with Gasteiger partial charge >= 0.3 is 0 Å². The van der Waals surface area contributed by atoms with Gasteiger partial charge in [0.15, 0.2) is 0 Å². The molecule has 1 aromatic carbocycles. The zero-order valence-corrected chi connectivity index (χ0v) is 17.5. The highest BCUT2D eigenvalue weighted by Gasteiger charge is 2.25. The van der Waals surface area contributed by atoms with E-state index in [0.717, 1.165) is 31.7 Å². The van der Waals surface area contributed by atoms with E-state index in [2.05, 4.69) is 20.5 Å². The summed E-state index contributed by atoms with van der Waals surface area (Å²) in [6, 6.07) is 10.7. The van der Waals surface area contributed by atoms with Gasteiger partial charge in [-0.1, -0.05) is 23.2 Å². The third kappa shape index (κ3) is 6.61. The van der Waals surface area contributed by atoms with Crippen LogP contribution >= 0.6 is 23.2 Å². The van der Waals surface area contributed by atoms with E-state index in [1.807, 2.05) is 12.1 Å². The van der Waals surface area contributed by atoms with Crippen LogP contribution in [-0.4, -0.2) is 36.4 Å². The lowest BCUT2D eigenvalue weighted by Crippen LogP contribution is -2.41. The van der Waals surface area contributed by atoms with E-state index in [1.165, 1.54) is 0 Å². The minimum Gasteiger partial charge on any atom is -0.357 e. The number of hydrogen-bond acceptors (Lipinski definition) is 4. The third-order valence-corrected chi connectivity index (χ3v) is 5.38. The largest absolute Gasteiger partial charge is 0.357 e. The molecule has 0 aliphatic carbocycles. The lowest BCUT2D eigenvalue weighted by Gasteiger charge is -2.32. The van der Waals surface area contributed by atoms with Gasteiger partial charge in [0.1, 0.15) is 5.82 Å². The Morgan fingerprint density at radius 3 is 2.38 bits per heavy atom. The van der Waals surface area contributed by atoms with E-state index in [0.29, 0.717) is 35.1 Å². The van der Waals surface area contributed by atoms with Crippen LogP contribution in [0.3, 0.4) is 0 Å². The number of carbonyl (C=O) groups is 2. The molecule has 6 nitrogen and oxygen atoms in total. The highest BCUT2D eigenvalue weighted by Crippen LogP contribution is 2.22. The van der Waals surface area contributed by atoms with Crippen LogP contribution in [0.5, 0.6) is 0 Å². The summed E-state index contributed by atoms with van der Waals surface area (Å²) in [6.45, 7) is 2.07. The number of rotatable bonds is 7. The number of halogens is 2. The molecular formula is C21H24Cl2N4O2. The van der Waals surface area contributed by atoms with Crippen molar-refractivity contribution < 1.29 is 9.59 Å². The molecule has 3 rings (SSSR count). The molecular weight excluding hydrogens is 411 g/mol. The molecule has 0 radical (unpaired) electrons. The average molecular weight is 435 g/mol. The van der Waals surface area contributed by atoms with Crippen molar-refractivity contribution in [3.05, 3.63) is 52.6 Å². The van der Waals surface area contributed by atoms with Crippen LogP contribution in [0.1, 0.15) is 25.7 Å². The first-order chi connectivity index (χ1) is 14.0. The van der Waals surface area contributed by atoms with Crippen molar-refractivity contribution in [3.8, 4) is 0 Å². The average Bonchev–Trinajstić information content (AvgIpc) is 2.73. The predicted molar refractivity (Wildman–Crippen MR) is 117 cm³/mol. The molecule has 1 fully saturated rings. The van der Waals surface area contributed by atoms with Crippen molar-refractivity contribution in [2.45, 2.75) is 25.7 Å². The van der Waals surface area contributed by atoms with Crippen LogP contribution in [0.4, 0.5) is 11.5 Å². The topological polar surface area (TPSA) is 74.3 Å². The fourth-order valence-corrected chi connectivity index (χ4v) is 3.53. The van der Waals surface area contributed by atoms with Gasteiger partial charge in [0.05, 0.1) is 5.02 Å². The molecule has 2 aromatic rings. The summed E-state index contributed by atoms with van der Waals surface area (Å²) in [5.74, 6) is 0.874. The molecule has 0 spiro atoms. The van der Waals surface area contributed by atoms with E-state index >= 15 is 0 Å². The lowest BCUT2D eigenvalue weighted by atomic mass is 9.96. The fraction of sp³-hybridized carbons (Fsp3) is 0.381. The predicted octanol–water partition coefficient (Wildman–Crippen LogP) is 4.14. The maximum Gasteiger partial charge on any atom is 0.224 e. The molecule has 8 heteroatoms. The first-order valence-corrected chi connectivity index (χ1v) is 10.5. The molecule has 1 saturated heterocycles. The molecule has 29 heavy (non-hydrogen) atoms. The number of pyridine rings is 1. The standard InChI is InChI=1S/C21H24Cl2N4O2/c22-16-3-6-18(7-4-16)26-20(28)2-1-11-24-21(29)15-9-12-27(13-10-15)19-8-5-17(23)14-25-19/h3-8,14-15H,1-2,9-13H2,(H,24,29)(H,26,28). The van der Waals surface area contributed by atoms with Crippen LogP contribution in [-0.2, 0) is 9.59 Å².